The quantitative estimate of drug-likeness (QED) is 0.768. The number of fused-ring (bicyclic) bond motifs is 1. The molecule has 1 aromatic rings. The van der Waals surface area contributed by atoms with Crippen LogP contribution in [0.1, 0.15) is 36.8 Å². The minimum atomic E-state index is 0.988. The largest absolute Gasteiger partial charge is 0.371 e. The number of hydrogen-bond acceptors (Lipinski definition) is 2. The number of hydrogen-bond donors (Lipinski definition) is 0. The molecule has 1 heterocycles. The number of likely N-dealkylation sites (tertiary alicyclic amines) is 1. The van der Waals surface area contributed by atoms with Crippen molar-refractivity contribution in [3.63, 3.8) is 0 Å². The smallest absolute Gasteiger partial charge is 0.0933 e. The highest BCUT2D eigenvalue weighted by molar-refractivity contribution is 5.82. The first-order valence-electron chi connectivity index (χ1n) is 8.14. The molecule has 2 nitrogen and oxygen atoms in total. The third kappa shape index (κ3) is 2.72. The Kier molecular flexibility index (Phi) is 4.44. The lowest BCUT2D eigenvalue weighted by atomic mass is 9.83. The third-order valence-electron chi connectivity index (χ3n) is 4.69. The number of nitriles is 1. The van der Waals surface area contributed by atoms with Gasteiger partial charge in [-0.2, -0.15) is 5.26 Å². The SMILES string of the molecule is C=CC1=C(/C(=C\C#N)N2CCCCC2)CCc2ccccc21. The molecule has 112 valence electrons. The molecule has 1 aliphatic heterocycles. The molecular weight excluding hydrogens is 268 g/mol. The van der Waals surface area contributed by atoms with Gasteiger partial charge < -0.3 is 4.90 Å². The number of allylic oxidation sites excluding steroid dienone is 4. The fraction of sp³-hybridized carbons (Fsp3) is 0.350. The van der Waals surface area contributed by atoms with E-state index in [1.54, 1.807) is 6.08 Å². The van der Waals surface area contributed by atoms with Gasteiger partial charge in [-0.1, -0.05) is 36.9 Å². The van der Waals surface area contributed by atoms with Crippen molar-refractivity contribution in [2.75, 3.05) is 13.1 Å². The summed E-state index contributed by atoms with van der Waals surface area (Å²) in [4.78, 5) is 2.39. The van der Waals surface area contributed by atoms with Gasteiger partial charge >= 0.3 is 0 Å². The normalized spacial score (nSPS) is 18.7. The molecule has 0 saturated carbocycles. The van der Waals surface area contributed by atoms with Crippen molar-refractivity contribution in [3.05, 3.63) is 65.4 Å². The fourth-order valence-corrected chi connectivity index (χ4v) is 3.62. The molecule has 1 aromatic carbocycles. The van der Waals surface area contributed by atoms with Crippen molar-refractivity contribution >= 4 is 5.57 Å². The Morgan fingerprint density at radius 3 is 2.64 bits per heavy atom. The van der Waals surface area contributed by atoms with Gasteiger partial charge in [0.05, 0.1) is 11.8 Å². The highest BCUT2D eigenvalue weighted by Crippen LogP contribution is 2.37. The second kappa shape index (κ2) is 6.66. The van der Waals surface area contributed by atoms with Crippen molar-refractivity contribution < 1.29 is 0 Å². The standard InChI is InChI=1S/C20H22N2/c1-2-17-18-9-5-4-8-16(18)10-11-19(17)20(12-13-21)22-14-6-3-7-15-22/h2,4-5,8-9,12H,1,3,6-7,10-11,14-15H2/b20-12+. The fourth-order valence-electron chi connectivity index (χ4n) is 3.62. The van der Waals surface area contributed by atoms with Gasteiger partial charge in [-0.3, -0.25) is 0 Å². The van der Waals surface area contributed by atoms with E-state index in [2.05, 4.69) is 41.8 Å². The van der Waals surface area contributed by atoms with Crippen molar-refractivity contribution in [2.45, 2.75) is 32.1 Å². The molecule has 1 fully saturated rings. The van der Waals surface area contributed by atoms with Crippen LogP contribution in [0.25, 0.3) is 5.57 Å². The molecule has 1 saturated heterocycles. The average molecular weight is 290 g/mol. The maximum Gasteiger partial charge on any atom is 0.0933 e. The minimum absolute atomic E-state index is 0.988. The molecule has 0 aromatic heterocycles. The molecular formula is C20H22N2. The first-order chi connectivity index (χ1) is 10.8. The van der Waals surface area contributed by atoms with E-state index in [0.717, 1.165) is 31.6 Å². The van der Waals surface area contributed by atoms with Crippen molar-refractivity contribution in [1.82, 2.24) is 4.90 Å². The van der Waals surface area contributed by atoms with Gasteiger partial charge in [0, 0.05) is 19.2 Å². The molecule has 0 atom stereocenters. The maximum absolute atomic E-state index is 9.25. The summed E-state index contributed by atoms with van der Waals surface area (Å²) in [6.07, 6.45) is 9.46. The molecule has 3 rings (SSSR count). The lowest BCUT2D eigenvalue weighted by molar-refractivity contribution is 0.289. The summed E-state index contributed by atoms with van der Waals surface area (Å²) in [5, 5.41) is 9.25. The number of piperidine rings is 1. The van der Waals surface area contributed by atoms with E-state index in [1.807, 2.05) is 6.08 Å². The van der Waals surface area contributed by atoms with Crippen LogP contribution in [0.2, 0.25) is 0 Å². The average Bonchev–Trinajstić information content (AvgIpc) is 2.59. The Balaban J connectivity index is 2.07. The number of nitrogens with zero attached hydrogens (tertiary/aromatic N) is 2. The highest BCUT2D eigenvalue weighted by Gasteiger charge is 2.23. The summed E-state index contributed by atoms with van der Waals surface area (Å²) in [6.45, 7) is 6.15. The van der Waals surface area contributed by atoms with Gasteiger partial charge in [-0.15, -0.1) is 0 Å². The molecule has 0 unspecified atom stereocenters. The molecule has 1 aliphatic carbocycles. The van der Waals surface area contributed by atoms with E-state index in [1.165, 1.54) is 41.5 Å². The lowest BCUT2D eigenvalue weighted by Crippen LogP contribution is -2.30. The lowest BCUT2D eigenvalue weighted by Gasteiger charge is -2.34. The highest BCUT2D eigenvalue weighted by atomic mass is 15.1. The van der Waals surface area contributed by atoms with Crippen molar-refractivity contribution in [3.8, 4) is 6.07 Å². The zero-order valence-electron chi connectivity index (χ0n) is 13.0. The van der Waals surface area contributed by atoms with Gasteiger partial charge in [0.25, 0.3) is 0 Å². The van der Waals surface area contributed by atoms with E-state index in [0.29, 0.717) is 0 Å². The minimum Gasteiger partial charge on any atom is -0.371 e. The molecule has 0 bridgehead atoms. The van der Waals surface area contributed by atoms with Gasteiger partial charge in [0.1, 0.15) is 0 Å². The van der Waals surface area contributed by atoms with Crippen LogP contribution in [0.15, 0.2) is 54.3 Å². The summed E-state index contributed by atoms with van der Waals surface area (Å²) in [7, 11) is 0. The Morgan fingerprint density at radius 2 is 1.91 bits per heavy atom. The molecule has 0 N–H and O–H groups in total. The Hall–Kier alpha value is -2.27. The van der Waals surface area contributed by atoms with E-state index in [-0.39, 0.29) is 0 Å². The predicted octanol–water partition coefficient (Wildman–Crippen LogP) is 4.47. The zero-order valence-corrected chi connectivity index (χ0v) is 13.0. The first kappa shape index (κ1) is 14.7. The Bertz CT molecular complexity index is 667. The first-order valence-corrected chi connectivity index (χ1v) is 8.14. The summed E-state index contributed by atoms with van der Waals surface area (Å²) < 4.78 is 0. The van der Waals surface area contributed by atoms with Crippen LogP contribution in [-0.2, 0) is 6.42 Å². The van der Waals surface area contributed by atoms with Crippen LogP contribution < -0.4 is 0 Å². The molecule has 0 radical (unpaired) electrons. The zero-order chi connectivity index (χ0) is 15.4. The molecule has 0 spiro atoms. The Labute approximate surface area is 133 Å². The maximum atomic E-state index is 9.25. The predicted molar refractivity (Wildman–Crippen MR) is 91.0 cm³/mol. The molecule has 22 heavy (non-hydrogen) atoms. The van der Waals surface area contributed by atoms with Crippen LogP contribution in [0.4, 0.5) is 0 Å². The van der Waals surface area contributed by atoms with Crippen molar-refractivity contribution in [1.29, 1.82) is 5.26 Å². The van der Waals surface area contributed by atoms with Crippen LogP contribution in [0.5, 0.6) is 0 Å². The Morgan fingerprint density at radius 1 is 1.14 bits per heavy atom. The van der Waals surface area contributed by atoms with E-state index in [9.17, 15) is 5.26 Å². The summed E-state index contributed by atoms with van der Waals surface area (Å²) in [5.74, 6) is 0. The van der Waals surface area contributed by atoms with Crippen LogP contribution in [-0.4, -0.2) is 18.0 Å². The molecule has 2 aliphatic rings. The third-order valence-corrected chi connectivity index (χ3v) is 4.69. The second-order valence-corrected chi connectivity index (χ2v) is 5.96. The summed E-state index contributed by atoms with van der Waals surface area (Å²) >= 11 is 0. The van der Waals surface area contributed by atoms with E-state index < -0.39 is 0 Å². The monoisotopic (exact) mass is 290 g/mol. The number of rotatable bonds is 3. The van der Waals surface area contributed by atoms with Crippen LogP contribution in [0.3, 0.4) is 0 Å². The van der Waals surface area contributed by atoms with Gasteiger partial charge in [-0.05, 0) is 54.4 Å². The second-order valence-electron chi connectivity index (χ2n) is 5.96. The van der Waals surface area contributed by atoms with E-state index in [4.69, 9.17) is 0 Å². The van der Waals surface area contributed by atoms with Gasteiger partial charge in [0.2, 0.25) is 0 Å². The van der Waals surface area contributed by atoms with Gasteiger partial charge in [0.15, 0.2) is 0 Å². The molecule has 2 heteroatoms. The van der Waals surface area contributed by atoms with Gasteiger partial charge in [-0.25, -0.2) is 0 Å². The van der Waals surface area contributed by atoms with Crippen LogP contribution >= 0.6 is 0 Å². The summed E-state index contributed by atoms with van der Waals surface area (Å²) in [5.41, 5.74) is 6.27. The van der Waals surface area contributed by atoms with E-state index >= 15 is 0 Å². The molecule has 0 amide bonds. The van der Waals surface area contributed by atoms with Crippen LogP contribution in [0, 0.1) is 11.3 Å². The summed E-state index contributed by atoms with van der Waals surface area (Å²) in [6, 6.07) is 10.8. The van der Waals surface area contributed by atoms with Crippen molar-refractivity contribution in [2.24, 2.45) is 0 Å². The number of benzene rings is 1. The topological polar surface area (TPSA) is 27.0 Å². The number of aryl methyl sites for hydroxylation is 1.